The van der Waals surface area contributed by atoms with Gasteiger partial charge in [0, 0.05) is 0 Å². The van der Waals surface area contributed by atoms with E-state index in [-0.39, 0.29) is 18.2 Å². The van der Waals surface area contributed by atoms with Crippen LogP contribution in [0.5, 0.6) is 0 Å². The van der Waals surface area contributed by atoms with Crippen molar-refractivity contribution in [1.29, 1.82) is 0 Å². The van der Waals surface area contributed by atoms with Crippen molar-refractivity contribution in [3.05, 3.63) is 120 Å². The first kappa shape index (κ1) is 28.3. The number of aliphatic hydroxyl groups excluding tert-OH is 1. The van der Waals surface area contributed by atoms with Gasteiger partial charge < -0.3 is 0 Å². The van der Waals surface area contributed by atoms with Crippen LogP contribution < -0.4 is 0 Å². The molecular weight excluding hydrogens is 683 g/mol. The summed E-state index contributed by atoms with van der Waals surface area (Å²) in [5.41, 5.74) is 2.81. The molecule has 10 nitrogen and oxygen atoms in total. The third-order valence-electron chi connectivity index (χ3n) is 9.47. The third kappa shape index (κ3) is 4.18. The van der Waals surface area contributed by atoms with E-state index in [4.69, 9.17) is 14.2 Å². The van der Waals surface area contributed by atoms with Gasteiger partial charge in [0.05, 0.1) is 0 Å². The summed E-state index contributed by atoms with van der Waals surface area (Å²) < 4.78 is 15.4. The molecule has 2 bridgehead atoms. The molecule has 7 atom stereocenters. The van der Waals surface area contributed by atoms with E-state index in [1.165, 1.54) is 12.5 Å². The zero-order chi connectivity index (χ0) is 30.9. The van der Waals surface area contributed by atoms with Gasteiger partial charge in [0.25, 0.3) is 0 Å². The van der Waals surface area contributed by atoms with E-state index < -0.39 is 70.6 Å². The number of hydrogen-bond donors (Lipinski definition) is 1. The molecule has 45 heavy (non-hydrogen) atoms. The summed E-state index contributed by atoms with van der Waals surface area (Å²) >= 11 is -1.85. The molecule has 0 unspecified atom stereocenters. The minimum absolute atomic E-state index is 0.103. The number of aliphatic hydroxyl groups is 1. The van der Waals surface area contributed by atoms with Crippen LogP contribution in [0, 0.1) is 0 Å². The number of carbonyl (C=O) groups is 4. The molecule has 5 heterocycles. The molecule has 5 aliphatic heterocycles. The second kappa shape index (κ2) is 10.4. The topological polar surface area (TPSA) is 123 Å². The molecule has 2 spiro atoms. The van der Waals surface area contributed by atoms with Crippen LogP contribution in [0.25, 0.3) is 0 Å². The summed E-state index contributed by atoms with van der Waals surface area (Å²) in [7, 11) is 0. The average molecular weight is 711 g/mol. The fourth-order valence-corrected chi connectivity index (χ4v) is 14.6. The number of esters is 2. The zero-order valence-electron chi connectivity index (χ0n) is 23.9. The SMILES string of the molecule is O=C(Cc1ccccc1)O[C@H]1C=CC=C2C[C@@]34[Sn][C@]5(CC6=COC=C[C@H](OC(=O)[C@H](O)c7ccccc7)[C@H]6N5C3=O)C(=O)N4[C@@H]21. The van der Waals surface area contributed by atoms with E-state index in [0.29, 0.717) is 24.0 Å². The Morgan fingerprint density at radius 2 is 1.51 bits per heavy atom. The van der Waals surface area contributed by atoms with Crippen LogP contribution in [-0.2, 0) is 39.8 Å². The average Bonchev–Trinajstić information content (AvgIpc) is 3.66. The second-order valence-electron chi connectivity index (χ2n) is 12.1. The molecule has 1 aliphatic carbocycles. The first-order valence-electron chi connectivity index (χ1n) is 14.8. The number of fused-ring (bicyclic) bond motifs is 4. The first-order chi connectivity index (χ1) is 21.8. The maximum absolute atomic E-state index is 14.6. The van der Waals surface area contributed by atoms with Gasteiger partial charge in [-0.1, -0.05) is 0 Å². The van der Waals surface area contributed by atoms with Gasteiger partial charge in [0.1, 0.15) is 0 Å². The number of hydrogen-bond acceptors (Lipinski definition) is 8. The molecule has 2 radical (unpaired) electrons. The van der Waals surface area contributed by atoms with E-state index >= 15 is 0 Å². The van der Waals surface area contributed by atoms with Gasteiger partial charge in [-0.25, -0.2) is 0 Å². The molecule has 1 N–H and O–H groups in total. The quantitative estimate of drug-likeness (QED) is 0.357. The molecule has 8 rings (SSSR count). The number of nitrogens with zero attached hydrogens (tertiary/aromatic N) is 2. The number of allylic oxidation sites excluding steroid dienone is 2. The van der Waals surface area contributed by atoms with Crippen LogP contribution in [0.2, 0.25) is 0 Å². The fourth-order valence-electron chi connectivity index (χ4n) is 7.66. The molecule has 0 saturated carbocycles. The number of amides is 2. The molecule has 11 heteroatoms. The summed E-state index contributed by atoms with van der Waals surface area (Å²) in [6.07, 6.45) is 7.66. The zero-order valence-corrected chi connectivity index (χ0v) is 26.8. The Hall–Kier alpha value is -4.16. The van der Waals surface area contributed by atoms with Crippen molar-refractivity contribution in [2.45, 2.75) is 56.8 Å². The Morgan fingerprint density at radius 1 is 0.889 bits per heavy atom. The van der Waals surface area contributed by atoms with E-state index in [2.05, 4.69) is 0 Å². The van der Waals surface area contributed by atoms with Crippen molar-refractivity contribution in [2.24, 2.45) is 0 Å². The molecule has 0 aromatic heterocycles. The van der Waals surface area contributed by atoms with Crippen molar-refractivity contribution in [3.63, 3.8) is 0 Å². The molecule has 2 aromatic rings. The summed E-state index contributed by atoms with van der Waals surface area (Å²) in [5, 5.41) is 10.7. The van der Waals surface area contributed by atoms with Crippen molar-refractivity contribution in [1.82, 2.24) is 9.80 Å². The van der Waals surface area contributed by atoms with E-state index in [0.717, 1.165) is 11.1 Å². The summed E-state index contributed by atoms with van der Waals surface area (Å²) in [4.78, 5) is 58.7. The van der Waals surface area contributed by atoms with Crippen LogP contribution in [-0.4, -0.2) is 91.2 Å². The molecule has 4 saturated heterocycles. The van der Waals surface area contributed by atoms with Crippen LogP contribution in [0.1, 0.15) is 30.1 Å². The van der Waals surface area contributed by atoms with Crippen molar-refractivity contribution >= 4 is 44.9 Å². The third-order valence-corrected chi connectivity index (χ3v) is 15.4. The number of rotatable bonds is 6. The van der Waals surface area contributed by atoms with E-state index in [9.17, 15) is 24.3 Å². The maximum atomic E-state index is 14.6. The van der Waals surface area contributed by atoms with Gasteiger partial charge in [-0.15, -0.1) is 0 Å². The fraction of sp³-hybridized carbons (Fsp3) is 0.294. The van der Waals surface area contributed by atoms with Crippen molar-refractivity contribution in [3.8, 4) is 0 Å². The van der Waals surface area contributed by atoms with Gasteiger partial charge in [0.2, 0.25) is 0 Å². The van der Waals surface area contributed by atoms with Gasteiger partial charge in [-0.05, 0) is 0 Å². The Labute approximate surface area is 268 Å². The van der Waals surface area contributed by atoms with Crippen LogP contribution in [0.3, 0.4) is 0 Å². The van der Waals surface area contributed by atoms with Crippen LogP contribution >= 0.6 is 0 Å². The summed E-state index contributed by atoms with van der Waals surface area (Å²) in [5.74, 6) is -1.56. The van der Waals surface area contributed by atoms with Gasteiger partial charge in [-0.2, -0.15) is 0 Å². The number of benzene rings is 2. The predicted molar refractivity (Wildman–Crippen MR) is 159 cm³/mol. The summed E-state index contributed by atoms with van der Waals surface area (Å²) in [6, 6.07) is 16.5. The van der Waals surface area contributed by atoms with E-state index in [1.807, 2.05) is 42.5 Å². The standard InChI is InChI=1S/C34H28N2O8.Sn/c37-28(16-20-8-3-1-4-9-20)43-26-13-7-12-22-17-24-32(39)36-25(33(40)35(24)29(22)26)18-23-19-42-15-14-27(30(23)36)44-34(41)31(38)21-10-5-2-6-11-21;/h1-15,19,26-27,29-31,38H,16-18H2;/t26-,27-,29-,30-,31+;/m0./s1. The number of ether oxygens (including phenoxy) is 3. The number of carbonyl (C=O) groups excluding carboxylic acids is 4. The summed E-state index contributed by atoms with van der Waals surface area (Å²) in [6.45, 7) is 0. The molecule has 2 aromatic carbocycles. The normalized spacial score (nSPS) is 32.5. The van der Waals surface area contributed by atoms with Gasteiger partial charge in [0.15, 0.2) is 0 Å². The Balaban J connectivity index is 1.07. The van der Waals surface area contributed by atoms with E-state index in [1.54, 1.807) is 52.3 Å². The minimum atomic E-state index is -1.85. The molecular formula is C34H28N2O8Sn. The predicted octanol–water partition coefficient (Wildman–Crippen LogP) is 2.04. The first-order valence-corrected chi connectivity index (χ1v) is 17.7. The molecule has 2 amide bonds. The van der Waals surface area contributed by atoms with Gasteiger partial charge in [-0.3, -0.25) is 0 Å². The van der Waals surface area contributed by atoms with Crippen molar-refractivity contribution < 1.29 is 38.5 Å². The van der Waals surface area contributed by atoms with Crippen molar-refractivity contribution in [2.75, 3.05) is 0 Å². The second-order valence-corrected chi connectivity index (χ2v) is 17.5. The molecule has 4 fully saturated rings. The number of piperazine rings is 1. The molecule has 6 aliphatic rings. The van der Waals surface area contributed by atoms with Crippen LogP contribution in [0.15, 0.2) is 109 Å². The Morgan fingerprint density at radius 3 is 2.22 bits per heavy atom. The van der Waals surface area contributed by atoms with Gasteiger partial charge >= 0.3 is 270 Å². The monoisotopic (exact) mass is 712 g/mol. The molecule has 226 valence electrons. The Kier molecular flexibility index (Phi) is 6.58. The van der Waals surface area contributed by atoms with Crippen LogP contribution in [0.4, 0.5) is 0 Å². The Bertz CT molecular complexity index is 1740.